The summed E-state index contributed by atoms with van der Waals surface area (Å²) in [4.78, 5) is 0.232. The van der Waals surface area contributed by atoms with Crippen molar-refractivity contribution in [3.05, 3.63) is 29.8 Å². The molecular weight excluding hydrogens is 276 g/mol. The highest BCUT2D eigenvalue weighted by atomic mass is 32.2. The Morgan fingerprint density at radius 1 is 1.35 bits per heavy atom. The molecule has 1 aliphatic heterocycles. The van der Waals surface area contributed by atoms with Gasteiger partial charge in [0.25, 0.3) is 0 Å². The van der Waals surface area contributed by atoms with Crippen molar-refractivity contribution in [3.8, 4) is 6.07 Å². The maximum atomic E-state index is 12.1. The summed E-state index contributed by atoms with van der Waals surface area (Å²) in [7, 11) is -3.48. The van der Waals surface area contributed by atoms with E-state index in [2.05, 4.69) is 4.72 Å². The van der Waals surface area contributed by atoms with E-state index in [0.29, 0.717) is 13.2 Å². The number of sulfonamides is 1. The number of hydrogen-bond acceptors (Lipinski definition) is 4. The van der Waals surface area contributed by atoms with Crippen LogP contribution in [-0.2, 0) is 21.2 Å². The summed E-state index contributed by atoms with van der Waals surface area (Å²) >= 11 is 0. The molecule has 1 unspecified atom stereocenters. The van der Waals surface area contributed by atoms with Gasteiger partial charge in [0.1, 0.15) is 0 Å². The topological polar surface area (TPSA) is 79.2 Å². The van der Waals surface area contributed by atoms with E-state index in [1.807, 2.05) is 6.07 Å². The largest absolute Gasteiger partial charge is 0.381 e. The van der Waals surface area contributed by atoms with Crippen molar-refractivity contribution in [1.82, 2.24) is 4.72 Å². The van der Waals surface area contributed by atoms with Crippen LogP contribution in [0.3, 0.4) is 0 Å². The van der Waals surface area contributed by atoms with Gasteiger partial charge in [0.05, 0.1) is 24.0 Å². The third-order valence-corrected chi connectivity index (χ3v) is 4.77. The Hall–Kier alpha value is -1.42. The third kappa shape index (κ3) is 4.04. The fourth-order valence-electron chi connectivity index (χ4n) is 2.16. The van der Waals surface area contributed by atoms with Crippen molar-refractivity contribution in [2.24, 2.45) is 5.92 Å². The van der Waals surface area contributed by atoms with Crippen LogP contribution >= 0.6 is 0 Å². The lowest BCUT2D eigenvalue weighted by molar-refractivity contribution is 0.0568. The minimum atomic E-state index is -3.48. The van der Waals surface area contributed by atoms with E-state index in [0.717, 1.165) is 25.0 Å². The maximum absolute atomic E-state index is 12.1. The van der Waals surface area contributed by atoms with Gasteiger partial charge in [-0.15, -0.1) is 0 Å². The number of nitrogens with one attached hydrogen (secondary N) is 1. The number of ether oxygens (including phenoxy) is 1. The lowest BCUT2D eigenvalue weighted by atomic mass is 10.0. The summed E-state index contributed by atoms with van der Waals surface area (Å²) in [6, 6.07) is 8.44. The second kappa shape index (κ2) is 6.84. The summed E-state index contributed by atoms with van der Waals surface area (Å²) in [6.07, 6.45) is 2.26. The van der Waals surface area contributed by atoms with Gasteiger partial charge in [0.2, 0.25) is 10.0 Å². The zero-order valence-electron chi connectivity index (χ0n) is 11.2. The van der Waals surface area contributed by atoms with Crippen LogP contribution in [0.1, 0.15) is 18.4 Å². The van der Waals surface area contributed by atoms with Crippen molar-refractivity contribution in [2.45, 2.75) is 24.2 Å². The van der Waals surface area contributed by atoms with Crippen LogP contribution in [0.5, 0.6) is 0 Å². The van der Waals surface area contributed by atoms with Gasteiger partial charge in [-0.3, -0.25) is 0 Å². The lowest BCUT2D eigenvalue weighted by Gasteiger charge is -2.22. The summed E-state index contributed by atoms with van der Waals surface area (Å²) in [5.74, 6) is 0.247. The van der Waals surface area contributed by atoms with Gasteiger partial charge in [0, 0.05) is 13.2 Å². The molecular formula is C14H18N2O3S. The normalized spacial score (nSPS) is 19.4. The predicted molar refractivity (Wildman–Crippen MR) is 74.5 cm³/mol. The van der Waals surface area contributed by atoms with Crippen LogP contribution in [0.15, 0.2) is 29.2 Å². The number of rotatable bonds is 5. The van der Waals surface area contributed by atoms with E-state index in [1.165, 1.54) is 12.1 Å². The second-order valence-electron chi connectivity index (χ2n) is 4.91. The molecule has 0 radical (unpaired) electrons. The summed E-state index contributed by atoms with van der Waals surface area (Å²) in [5.41, 5.74) is 0.812. The molecule has 0 aromatic heterocycles. The van der Waals surface area contributed by atoms with E-state index >= 15 is 0 Å². The fraction of sp³-hybridized carbons (Fsp3) is 0.500. The van der Waals surface area contributed by atoms with Crippen molar-refractivity contribution in [1.29, 1.82) is 5.26 Å². The smallest absolute Gasteiger partial charge is 0.240 e. The Kier molecular flexibility index (Phi) is 5.12. The minimum absolute atomic E-state index is 0.232. The van der Waals surface area contributed by atoms with Crippen LogP contribution in [0.2, 0.25) is 0 Å². The van der Waals surface area contributed by atoms with Crippen LogP contribution in [-0.4, -0.2) is 28.2 Å². The van der Waals surface area contributed by atoms with Gasteiger partial charge in [0.15, 0.2) is 0 Å². The molecule has 0 aliphatic carbocycles. The SMILES string of the molecule is N#CCc1ccc(S(=O)(=O)NCC2CCCOC2)cc1. The Bertz CT molecular complexity index is 569. The molecule has 0 bridgehead atoms. The standard InChI is InChI=1S/C14H18N2O3S/c15-8-7-12-3-5-14(6-4-12)20(17,18)16-10-13-2-1-9-19-11-13/h3-6,13,16H,1-2,7,9-11H2. The van der Waals surface area contributed by atoms with Gasteiger partial charge in [-0.1, -0.05) is 12.1 Å². The van der Waals surface area contributed by atoms with E-state index in [1.54, 1.807) is 12.1 Å². The molecule has 0 saturated carbocycles. The van der Waals surface area contributed by atoms with E-state index < -0.39 is 10.0 Å². The van der Waals surface area contributed by atoms with E-state index in [-0.39, 0.29) is 17.2 Å². The average molecular weight is 294 g/mol. The van der Waals surface area contributed by atoms with Gasteiger partial charge in [-0.2, -0.15) is 5.26 Å². The van der Waals surface area contributed by atoms with Crippen molar-refractivity contribution in [3.63, 3.8) is 0 Å². The van der Waals surface area contributed by atoms with E-state index in [9.17, 15) is 8.42 Å². The molecule has 0 amide bonds. The summed E-state index contributed by atoms with van der Waals surface area (Å²) in [6.45, 7) is 1.79. The highest BCUT2D eigenvalue weighted by molar-refractivity contribution is 7.89. The summed E-state index contributed by atoms with van der Waals surface area (Å²) in [5, 5.41) is 8.58. The molecule has 1 fully saturated rings. The monoisotopic (exact) mass is 294 g/mol. The van der Waals surface area contributed by atoms with Gasteiger partial charge in [-0.05, 0) is 36.5 Å². The van der Waals surface area contributed by atoms with E-state index in [4.69, 9.17) is 10.00 Å². The zero-order chi connectivity index (χ0) is 14.4. The molecule has 1 aliphatic rings. The number of benzene rings is 1. The summed E-state index contributed by atoms with van der Waals surface area (Å²) < 4.78 is 32.2. The van der Waals surface area contributed by atoms with Crippen LogP contribution < -0.4 is 4.72 Å². The average Bonchev–Trinajstić information content (AvgIpc) is 2.47. The molecule has 5 nitrogen and oxygen atoms in total. The first-order valence-corrected chi connectivity index (χ1v) is 8.13. The second-order valence-corrected chi connectivity index (χ2v) is 6.68. The number of hydrogen-bond donors (Lipinski definition) is 1. The highest BCUT2D eigenvalue weighted by Gasteiger charge is 2.19. The molecule has 0 spiro atoms. The van der Waals surface area contributed by atoms with Gasteiger partial charge < -0.3 is 4.74 Å². The highest BCUT2D eigenvalue weighted by Crippen LogP contribution is 2.15. The first-order valence-electron chi connectivity index (χ1n) is 6.65. The quantitative estimate of drug-likeness (QED) is 0.891. The molecule has 1 aromatic rings. The molecule has 20 heavy (non-hydrogen) atoms. The third-order valence-electron chi connectivity index (χ3n) is 3.33. The molecule has 6 heteroatoms. The van der Waals surface area contributed by atoms with Crippen LogP contribution in [0.4, 0.5) is 0 Å². The van der Waals surface area contributed by atoms with Crippen molar-refractivity contribution >= 4 is 10.0 Å². The zero-order valence-corrected chi connectivity index (χ0v) is 12.0. The first-order chi connectivity index (χ1) is 9.62. The van der Waals surface area contributed by atoms with Crippen LogP contribution in [0, 0.1) is 17.2 Å². The predicted octanol–water partition coefficient (Wildman–Crippen LogP) is 1.46. The number of nitriles is 1. The minimum Gasteiger partial charge on any atom is -0.381 e. The van der Waals surface area contributed by atoms with Crippen molar-refractivity contribution < 1.29 is 13.2 Å². The molecule has 108 valence electrons. The Morgan fingerprint density at radius 2 is 2.10 bits per heavy atom. The molecule has 1 aromatic carbocycles. The Morgan fingerprint density at radius 3 is 2.70 bits per heavy atom. The molecule has 1 saturated heterocycles. The molecule has 1 N–H and O–H groups in total. The maximum Gasteiger partial charge on any atom is 0.240 e. The Labute approximate surface area is 119 Å². The van der Waals surface area contributed by atoms with Gasteiger partial charge in [-0.25, -0.2) is 13.1 Å². The lowest BCUT2D eigenvalue weighted by Crippen LogP contribution is -2.33. The molecule has 1 atom stereocenters. The van der Waals surface area contributed by atoms with Gasteiger partial charge >= 0.3 is 0 Å². The van der Waals surface area contributed by atoms with Crippen molar-refractivity contribution in [2.75, 3.05) is 19.8 Å². The molecule has 2 rings (SSSR count). The Balaban J connectivity index is 1.96. The first kappa shape index (κ1) is 15.0. The number of nitrogens with zero attached hydrogens (tertiary/aromatic N) is 1. The molecule has 1 heterocycles. The fourth-order valence-corrected chi connectivity index (χ4v) is 3.27. The van der Waals surface area contributed by atoms with Crippen LogP contribution in [0.25, 0.3) is 0 Å².